The quantitative estimate of drug-likeness (QED) is 0.893. The monoisotopic (exact) mass is 295 g/mol. The third-order valence-electron chi connectivity index (χ3n) is 4.27. The average molecular weight is 296 g/mol. The summed E-state index contributed by atoms with van der Waals surface area (Å²) in [5, 5.41) is 6.39. The summed E-state index contributed by atoms with van der Waals surface area (Å²) in [4.78, 5) is 14.3. The highest BCUT2D eigenvalue weighted by molar-refractivity contribution is 5.92. The molecule has 2 aliphatic rings. The summed E-state index contributed by atoms with van der Waals surface area (Å²) in [6.07, 6.45) is 2.47. The maximum absolute atomic E-state index is 12.0. The van der Waals surface area contributed by atoms with Gasteiger partial charge >= 0.3 is 0 Å². The molecular formula is C15H22ClN3O. The lowest BCUT2D eigenvalue weighted by Crippen LogP contribution is -2.34. The van der Waals surface area contributed by atoms with E-state index in [2.05, 4.69) is 15.5 Å². The van der Waals surface area contributed by atoms with Crippen LogP contribution in [-0.4, -0.2) is 43.5 Å². The summed E-state index contributed by atoms with van der Waals surface area (Å²) in [6.45, 7) is 4.86. The van der Waals surface area contributed by atoms with Crippen LogP contribution < -0.4 is 10.6 Å². The molecule has 5 heteroatoms. The molecule has 0 aliphatic carbocycles. The van der Waals surface area contributed by atoms with Gasteiger partial charge in [0.15, 0.2) is 0 Å². The molecule has 2 N–H and O–H groups in total. The molecule has 0 radical (unpaired) electrons. The normalized spacial score (nSPS) is 25.6. The van der Waals surface area contributed by atoms with Gasteiger partial charge in [0, 0.05) is 18.8 Å². The van der Waals surface area contributed by atoms with Crippen molar-refractivity contribution >= 4 is 24.0 Å². The number of carbonyl (C=O) groups excluding carboxylic acids is 1. The topological polar surface area (TPSA) is 44.4 Å². The van der Waals surface area contributed by atoms with Gasteiger partial charge in [0.25, 0.3) is 0 Å². The summed E-state index contributed by atoms with van der Waals surface area (Å²) < 4.78 is 0. The number of benzene rings is 1. The zero-order valence-corrected chi connectivity index (χ0v) is 12.4. The van der Waals surface area contributed by atoms with E-state index in [1.165, 1.54) is 12.8 Å². The van der Waals surface area contributed by atoms with Crippen molar-refractivity contribution in [2.45, 2.75) is 12.8 Å². The van der Waals surface area contributed by atoms with Crippen molar-refractivity contribution < 1.29 is 4.79 Å². The number of nitrogens with one attached hydrogen (secondary N) is 2. The van der Waals surface area contributed by atoms with Gasteiger partial charge in [-0.2, -0.15) is 0 Å². The van der Waals surface area contributed by atoms with Crippen LogP contribution in [0.4, 0.5) is 5.69 Å². The second-order valence-electron chi connectivity index (χ2n) is 5.80. The first-order valence-corrected chi connectivity index (χ1v) is 7.04. The second kappa shape index (κ2) is 6.57. The van der Waals surface area contributed by atoms with E-state index in [-0.39, 0.29) is 18.3 Å². The van der Waals surface area contributed by atoms with E-state index in [0.29, 0.717) is 12.0 Å². The summed E-state index contributed by atoms with van der Waals surface area (Å²) >= 11 is 0. The molecule has 2 heterocycles. The lowest BCUT2D eigenvalue weighted by Gasteiger charge is -2.22. The molecule has 2 aliphatic heterocycles. The standard InChI is InChI=1S/C15H21N3O.ClH/c19-14(17-13-4-2-1-3-5-13)10-18-9-7-15(12-18)6-8-16-11-15;/h1-5,16H,6-12H2,(H,17,19);1H. The molecule has 1 aromatic rings. The van der Waals surface area contributed by atoms with Crippen molar-refractivity contribution in [2.75, 3.05) is 38.0 Å². The molecule has 0 aromatic heterocycles. The Kier molecular flexibility index (Phi) is 5.02. The third-order valence-corrected chi connectivity index (χ3v) is 4.27. The van der Waals surface area contributed by atoms with Crippen molar-refractivity contribution in [3.8, 4) is 0 Å². The molecule has 3 rings (SSSR count). The van der Waals surface area contributed by atoms with Crippen molar-refractivity contribution in [1.82, 2.24) is 10.2 Å². The Morgan fingerprint density at radius 1 is 1.30 bits per heavy atom. The van der Waals surface area contributed by atoms with Crippen molar-refractivity contribution in [1.29, 1.82) is 0 Å². The van der Waals surface area contributed by atoms with Gasteiger partial charge in [-0.3, -0.25) is 9.69 Å². The molecule has 110 valence electrons. The maximum atomic E-state index is 12.0. The van der Waals surface area contributed by atoms with Crippen LogP contribution in [0.5, 0.6) is 0 Å². The van der Waals surface area contributed by atoms with Gasteiger partial charge in [0.1, 0.15) is 0 Å². The van der Waals surface area contributed by atoms with Crippen LogP contribution in [0.3, 0.4) is 0 Å². The van der Waals surface area contributed by atoms with E-state index in [4.69, 9.17) is 0 Å². The van der Waals surface area contributed by atoms with Gasteiger partial charge in [0.2, 0.25) is 5.91 Å². The van der Waals surface area contributed by atoms with Gasteiger partial charge < -0.3 is 10.6 Å². The first kappa shape index (κ1) is 15.3. The van der Waals surface area contributed by atoms with E-state index in [1.54, 1.807) is 0 Å². The Bertz CT molecular complexity index is 446. The highest BCUT2D eigenvalue weighted by atomic mass is 35.5. The van der Waals surface area contributed by atoms with E-state index in [9.17, 15) is 4.79 Å². The highest BCUT2D eigenvalue weighted by Crippen LogP contribution is 2.35. The van der Waals surface area contributed by atoms with Crippen LogP contribution in [0.25, 0.3) is 0 Å². The van der Waals surface area contributed by atoms with Crippen LogP contribution in [0, 0.1) is 5.41 Å². The summed E-state index contributed by atoms with van der Waals surface area (Å²) in [5.74, 6) is 0.0919. The first-order valence-electron chi connectivity index (χ1n) is 7.04. The van der Waals surface area contributed by atoms with Crippen LogP contribution in [0.15, 0.2) is 30.3 Å². The van der Waals surface area contributed by atoms with E-state index in [0.717, 1.165) is 31.9 Å². The number of rotatable bonds is 3. The Labute approximate surface area is 126 Å². The zero-order valence-electron chi connectivity index (χ0n) is 11.6. The second-order valence-corrected chi connectivity index (χ2v) is 5.80. The number of nitrogens with zero attached hydrogens (tertiary/aromatic N) is 1. The van der Waals surface area contributed by atoms with Crippen LogP contribution in [-0.2, 0) is 4.79 Å². The molecule has 0 bridgehead atoms. The van der Waals surface area contributed by atoms with Gasteiger partial charge in [-0.15, -0.1) is 12.4 Å². The predicted molar refractivity (Wildman–Crippen MR) is 83.3 cm³/mol. The largest absolute Gasteiger partial charge is 0.325 e. The summed E-state index contributed by atoms with van der Waals surface area (Å²) in [6, 6.07) is 9.66. The summed E-state index contributed by atoms with van der Waals surface area (Å²) in [5.41, 5.74) is 1.32. The van der Waals surface area contributed by atoms with Crippen molar-refractivity contribution in [3.05, 3.63) is 30.3 Å². The van der Waals surface area contributed by atoms with Crippen LogP contribution in [0.2, 0.25) is 0 Å². The Morgan fingerprint density at radius 2 is 2.10 bits per heavy atom. The minimum atomic E-state index is 0. The molecule has 2 fully saturated rings. The van der Waals surface area contributed by atoms with E-state index in [1.807, 2.05) is 30.3 Å². The Balaban J connectivity index is 0.00000147. The van der Waals surface area contributed by atoms with E-state index < -0.39 is 0 Å². The van der Waals surface area contributed by atoms with Crippen LogP contribution in [0.1, 0.15) is 12.8 Å². The number of carbonyl (C=O) groups is 1. The number of hydrogen-bond donors (Lipinski definition) is 2. The number of hydrogen-bond acceptors (Lipinski definition) is 3. The third kappa shape index (κ3) is 3.51. The lowest BCUT2D eigenvalue weighted by atomic mass is 9.87. The fraction of sp³-hybridized carbons (Fsp3) is 0.533. The number of likely N-dealkylation sites (tertiary alicyclic amines) is 1. The molecule has 20 heavy (non-hydrogen) atoms. The number of para-hydroxylation sites is 1. The molecule has 1 amide bonds. The molecule has 0 saturated carbocycles. The average Bonchev–Trinajstić information content (AvgIpc) is 3.02. The Hall–Kier alpha value is -1.10. The minimum absolute atomic E-state index is 0. The van der Waals surface area contributed by atoms with Crippen molar-refractivity contribution in [2.24, 2.45) is 5.41 Å². The number of anilines is 1. The molecule has 4 nitrogen and oxygen atoms in total. The fourth-order valence-electron chi connectivity index (χ4n) is 3.23. The molecule has 1 spiro atoms. The van der Waals surface area contributed by atoms with Gasteiger partial charge in [-0.05, 0) is 43.5 Å². The first-order chi connectivity index (χ1) is 9.26. The smallest absolute Gasteiger partial charge is 0.238 e. The summed E-state index contributed by atoms with van der Waals surface area (Å²) in [7, 11) is 0. The Morgan fingerprint density at radius 3 is 2.80 bits per heavy atom. The molecule has 1 aromatic carbocycles. The molecule has 1 unspecified atom stereocenters. The van der Waals surface area contributed by atoms with Gasteiger partial charge in [0.05, 0.1) is 6.54 Å². The number of amides is 1. The zero-order chi connectivity index (χ0) is 13.1. The van der Waals surface area contributed by atoms with Crippen molar-refractivity contribution in [3.63, 3.8) is 0 Å². The molecular weight excluding hydrogens is 274 g/mol. The van der Waals surface area contributed by atoms with Gasteiger partial charge in [-0.25, -0.2) is 0 Å². The highest BCUT2D eigenvalue weighted by Gasteiger charge is 2.40. The number of halogens is 1. The maximum Gasteiger partial charge on any atom is 0.238 e. The lowest BCUT2D eigenvalue weighted by molar-refractivity contribution is -0.117. The molecule has 2 saturated heterocycles. The minimum Gasteiger partial charge on any atom is -0.325 e. The van der Waals surface area contributed by atoms with E-state index >= 15 is 0 Å². The fourth-order valence-corrected chi connectivity index (χ4v) is 3.23. The SMILES string of the molecule is Cl.O=C(CN1CCC2(CCNC2)C1)Nc1ccccc1. The van der Waals surface area contributed by atoms with Crippen LogP contribution >= 0.6 is 12.4 Å². The predicted octanol–water partition coefficient (Wildman–Crippen LogP) is 1.73. The van der Waals surface area contributed by atoms with Gasteiger partial charge in [-0.1, -0.05) is 18.2 Å². The molecule has 1 atom stereocenters.